The van der Waals surface area contributed by atoms with Crippen molar-refractivity contribution in [2.24, 2.45) is 0 Å². The number of hydrogen-bond acceptors (Lipinski definition) is 1. The smallest absolute Gasteiger partial charge is 0.0954 e. The van der Waals surface area contributed by atoms with Gasteiger partial charge in [0.1, 0.15) is 0 Å². The van der Waals surface area contributed by atoms with E-state index in [9.17, 15) is 5.11 Å². The van der Waals surface area contributed by atoms with Crippen LogP contribution in [0.5, 0.6) is 0 Å². The van der Waals surface area contributed by atoms with E-state index in [2.05, 4.69) is 0 Å². The van der Waals surface area contributed by atoms with E-state index in [1.54, 1.807) is 18.2 Å². The zero-order valence-corrected chi connectivity index (χ0v) is 8.37. The van der Waals surface area contributed by atoms with E-state index in [1.165, 1.54) is 0 Å². The highest BCUT2D eigenvalue weighted by molar-refractivity contribution is 6.36. The van der Waals surface area contributed by atoms with Crippen molar-refractivity contribution >= 4 is 34.8 Å². The van der Waals surface area contributed by atoms with Crippen molar-refractivity contribution in [2.45, 2.75) is 6.10 Å². The molecule has 0 saturated heterocycles. The maximum absolute atomic E-state index is 9.39. The molecule has 0 aliphatic heterocycles. The third-order valence-corrected chi connectivity index (χ3v) is 2.43. The summed E-state index contributed by atoms with van der Waals surface area (Å²) < 4.78 is 0. The quantitative estimate of drug-likeness (QED) is 0.766. The lowest BCUT2D eigenvalue weighted by molar-refractivity contribution is 0.203. The molecule has 1 aromatic carbocycles. The van der Waals surface area contributed by atoms with Gasteiger partial charge in [0, 0.05) is 15.6 Å². The maximum atomic E-state index is 9.39. The summed E-state index contributed by atoms with van der Waals surface area (Å²) in [5.41, 5.74) is 0.496. The molecular weight excluding hydrogens is 218 g/mol. The minimum Gasteiger partial charge on any atom is -0.387 e. The average Bonchev–Trinajstić information content (AvgIpc) is 2.03. The van der Waals surface area contributed by atoms with Gasteiger partial charge in [-0.3, -0.25) is 0 Å². The van der Waals surface area contributed by atoms with Gasteiger partial charge in [-0.2, -0.15) is 0 Å². The molecular formula is C8H7Cl3O. The molecule has 4 heteroatoms. The zero-order valence-electron chi connectivity index (χ0n) is 6.10. The number of aliphatic hydroxyl groups is 1. The summed E-state index contributed by atoms with van der Waals surface area (Å²) in [5, 5.41) is 10.3. The average molecular weight is 226 g/mol. The monoisotopic (exact) mass is 224 g/mol. The summed E-state index contributed by atoms with van der Waals surface area (Å²) in [7, 11) is 0. The lowest BCUT2D eigenvalue weighted by atomic mass is 10.1. The summed E-state index contributed by atoms with van der Waals surface area (Å²) in [6, 6.07) is 5.05. The lowest BCUT2D eigenvalue weighted by Gasteiger charge is -2.10. The number of benzene rings is 1. The molecule has 0 aliphatic rings. The second-order valence-electron chi connectivity index (χ2n) is 2.31. The molecule has 0 radical (unpaired) electrons. The van der Waals surface area contributed by atoms with Crippen LogP contribution in [0.3, 0.4) is 0 Å². The van der Waals surface area contributed by atoms with Crippen molar-refractivity contribution in [1.82, 2.24) is 0 Å². The first-order chi connectivity index (χ1) is 5.66. The molecule has 0 spiro atoms. The molecule has 12 heavy (non-hydrogen) atoms. The largest absolute Gasteiger partial charge is 0.387 e. The standard InChI is InChI=1S/C8H7Cl3O/c9-4-7(12)8-5(10)2-1-3-6(8)11/h1-3,7,12H,4H2/t7-/m0/s1. The highest BCUT2D eigenvalue weighted by Crippen LogP contribution is 2.30. The molecule has 0 fully saturated rings. The minimum absolute atomic E-state index is 0.0868. The van der Waals surface area contributed by atoms with Gasteiger partial charge in [-0.1, -0.05) is 29.3 Å². The number of aliphatic hydroxyl groups excluding tert-OH is 1. The number of rotatable bonds is 2. The summed E-state index contributed by atoms with van der Waals surface area (Å²) in [5.74, 6) is 0.0868. The number of hydrogen-bond donors (Lipinski definition) is 1. The SMILES string of the molecule is O[C@@H](CCl)c1c(Cl)cccc1Cl. The first kappa shape index (κ1) is 10.1. The van der Waals surface area contributed by atoms with Crippen LogP contribution in [-0.4, -0.2) is 11.0 Å². The van der Waals surface area contributed by atoms with Gasteiger partial charge in [0.25, 0.3) is 0 Å². The zero-order chi connectivity index (χ0) is 9.14. The van der Waals surface area contributed by atoms with Crippen LogP contribution in [0.15, 0.2) is 18.2 Å². The van der Waals surface area contributed by atoms with Crippen LogP contribution in [0.4, 0.5) is 0 Å². The molecule has 66 valence electrons. The summed E-state index contributed by atoms with van der Waals surface area (Å²) in [6.07, 6.45) is -0.798. The Bertz CT molecular complexity index is 255. The molecule has 1 N–H and O–H groups in total. The molecule has 0 saturated carbocycles. The van der Waals surface area contributed by atoms with Crippen molar-refractivity contribution < 1.29 is 5.11 Å². The number of halogens is 3. The van der Waals surface area contributed by atoms with E-state index in [0.717, 1.165) is 0 Å². The van der Waals surface area contributed by atoms with Crippen LogP contribution in [0.2, 0.25) is 10.0 Å². The summed E-state index contributed by atoms with van der Waals surface area (Å²) in [6.45, 7) is 0. The van der Waals surface area contributed by atoms with Crippen molar-refractivity contribution in [3.63, 3.8) is 0 Å². The molecule has 1 aromatic rings. The fourth-order valence-corrected chi connectivity index (χ4v) is 1.71. The van der Waals surface area contributed by atoms with Crippen molar-refractivity contribution in [1.29, 1.82) is 0 Å². The van der Waals surface area contributed by atoms with Gasteiger partial charge in [-0.25, -0.2) is 0 Å². The third-order valence-electron chi connectivity index (χ3n) is 1.48. The maximum Gasteiger partial charge on any atom is 0.0954 e. The molecule has 0 heterocycles. The van der Waals surface area contributed by atoms with Crippen LogP contribution >= 0.6 is 34.8 Å². The second-order valence-corrected chi connectivity index (χ2v) is 3.43. The van der Waals surface area contributed by atoms with Gasteiger partial charge < -0.3 is 5.11 Å². The van der Waals surface area contributed by atoms with Crippen LogP contribution in [0, 0.1) is 0 Å². The van der Waals surface area contributed by atoms with Gasteiger partial charge in [-0.05, 0) is 12.1 Å². The van der Waals surface area contributed by atoms with E-state index in [-0.39, 0.29) is 5.88 Å². The first-order valence-corrected chi connectivity index (χ1v) is 4.63. The van der Waals surface area contributed by atoms with Crippen LogP contribution in [0.25, 0.3) is 0 Å². The predicted molar refractivity (Wildman–Crippen MR) is 52.1 cm³/mol. The highest BCUT2D eigenvalue weighted by atomic mass is 35.5. The van der Waals surface area contributed by atoms with E-state index in [4.69, 9.17) is 34.8 Å². The molecule has 0 aromatic heterocycles. The number of alkyl halides is 1. The minimum atomic E-state index is -0.798. The van der Waals surface area contributed by atoms with Gasteiger partial charge in [0.2, 0.25) is 0 Å². The van der Waals surface area contributed by atoms with Crippen molar-refractivity contribution in [2.75, 3.05) is 5.88 Å². The molecule has 0 amide bonds. The van der Waals surface area contributed by atoms with Crippen molar-refractivity contribution in [3.8, 4) is 0 Å². The van der Waals surface area contributed by atoms with Gasteiger partial charge >= 0.3 is 0 Å². The van der Waals surface area contributed by atoms with E-state index in [0.29, 0.717) is 15.6 Å². The van der Waals surface area contributed by atoms with E-state index < -0.39 is 6.10 Å². The van der Waals surface area contributed by atoms with Gasteiger partial charge in [0.05, 0.1) is 12.0 Å². The summed E-state index contributed by atoms with van der Waals surface area (Å²) >= 11 is 17.1. The Hall–Kier alpha value is 0.0500. The normalized spacial score (nSPS) is 13.0. The molecule has 0 aliphatic carbocycles. The Labute approximate surface area is 85.9 Å². The first-order valence-electron chi connectivity index (χ1n) is 3.34. The van der Waals surface area contributed by atoms with E-state index >= 15 is 0 Å². The molecule has 1 nitrogen and oxygen atoms in total. The Morgan fingerprint density at radius 2 is 1.75 bits per heavy atom. The Kier molecular flexibility index (Phi) is 3.66. The second kappa shape index (κ2) is 4.33. The van der Waals surface area contributed by atoms with Gasteiger partial charge in [0.15, 0.2) is 0 Å². The van der Waals surface area contributed by atoms with Crippen LogP contribution < -0.4 is 0 Å². The topological polar surface area (TPSA) is 20.2 Å². The van der Waals surface area contributed by atoms with Crippen LogP contribution in [-0.2, 0) is 0 Å². The summed E-state index contributed by atoms with van der Waals surface area (Å²) in [4.78, 5) is 0. The lowest BCUT2D eigenvalue weighted by Crippen LogP contribution is -2.00. The Morgan fingerprint density at radius 1 is 1.25 bits per heavy atom. The predicted octanol–water partition coefficient (Wildman–Crippen LogP) is 3.27. The van der Waals surface area contributed by atoms with Crippen molar-refractivity contribution in [3.05, 3.63) is 33.8 Å². The molecule has 1 rings (SSSR count). The Balaban J connectivity index is 3.12. The Morgan fingerprint density at radius 3 is 2.17 bits per heavy atom. The van der Waals surface area contributed by atoms with Crippen LogP contribution in [0.1, 0.15) is 11.7 Å². The third kappa shape index (κ3) is 2.05. The fourth-order valence-electron chi connectivity index (χ4n) is 0.906. The molecule has 1 atom stereocenters. The fraction of sp³-hybridized carbons (Fsp3) is 0.250. The molecule has 0 unspecified atom stereocenters. The van der Waals surface area contributed by atoms with Gasteiger partial charge in [-0.15, -0.1) is 11.6 Å². The van der Waals surface area contributed by atoms with E-state index in [1.807, 2.05) is 0 Å². The molecule has 0 bridgehead atoms. The highest BCUT2D eigenvalue weighted by Gasteiger charge is 2.13.